The van der Waals surface area contributed by atoms with Gasteiger partial charge in [0.1, 0.15) is 0 Å². The topological polar surface area (TPSA) is 12.0 Å². The quantitative estimate of drug-likeness (QED) is 0.526. The van der Waals surface area contributed by atoms with Gasteiger partial charge in [0, 0.05) is 0 Å². The Bertz CT molecular complexity index is 742. The van der Waals surface area contributed by atoms with Crippen molar-refractivity contribution in [1.29, 1.82) is 0 Å². The zero-order chi connectivity index (χ0) is 20.6. The molecule has 0 fully saturated rings. The van der Waals surface area contributed by atoms with E-state index >= 15 is 0 Å². The number of hydrogen-bond donors (Lipinski definition) is 1. The van der Waals surface area contributed by atoms with Crippen LogP contribution in [0.25, 0.3) is 0 Å². The molecule has 0 aliphatic rings. The molecule has 0 unspecified atom stereocenters. The first kappa shape index (κ1) is 22.5. The van der Waals surface area contributed by atoms with Gasteiger partial charge in [0.05, 0.1) is 0 Å². The van der Waals surface area contributed by atoms with Crippen LogP contribution >= 0.6 is 9.64 Å². The maximum absolute atomic E-state index is 7.21. The van der Waals surface area contributed by atoms with Gasteiger partial charge < -0.3 is 0 Å². The molecule has 0 saturated heterocycles. The normalized spacial score (nSPS) is 12.8. The van der Waals surface area contributed by atoms with E-state index in [-0.39, 0.29) is 16.2 Å². The van der Waals surface area contributed by atoms with Crippen LogP contribution in [0, 0.1) is 0 Å². The molecule has 0 bridgehead atoms. The van der Waals surface area contributed by atoms with Crippen LogP contribution in [0.2, 0.25) is 0 Å². The van der Waals surface area contributed by atoms with Crippen LogP contribution in [0.1, 0.15) is 79.0 Å². The first-order chi connectivity index (χ1) is 12.2. The molecule has 2 aromatic carbocycles. The molecule has 0 amide bonds. The van der Waals surface area contributed by atoms with Gasteiger partial charge in [0.2, 0.25) is 0 Å². The predicted molar refractivity (Wildman–Crippen MR) is 124 cm³/mol. The Morgan fingerprint density at radius 3 is 1.52 bits per heavy atom. The van der Waals surface area contributed by atoms with Crippen LogP contribution in [-0.4, -0.2) is 15.5 Å². The van der Waals surface area contributed by atoms with Crippen molar-refractivity contribution in [3.63, 3.8) is 0 Å². The summed E-state index contributed by atoms with van der Waals surface area (Å²) >= 11 is -2.49. The van der Waals surface area contributed by atoms with Crippen molar-refractivity contribution in [2.45, 2.75) is 78.6 Å². The molecule has 1 N–H and O–H groups in total. The summed E-state index contributed by atoms with van der Waals surface area (Å²) in [5.74, 6) is 0. The summed E-state index contributed by atoms with van der Waals surface area (Å²) in [6.45, 7) is 20.7. The molecule has 0 aromatic heterocycles. The fourth-order valence-corrected chi connectivity index (χ4v) is 9.86. The fourth-order valence-electron chi connectivity index (χ4n) is 3.35. The molecule has 2 aromatic rings. The summed E-state index contributed by atoms with van der Waals surface area (Å²) in [6.07, 6.45) is 0. The van der Waals surface area contributed by atoms with Gasteiger partial charge in [-0.25, -0.2) is 0 Å². The number of rotatable bonds is 3. The van der Waals surface area contributed by atoms with E-state index in [0.717, 1.165) is 5.69 Å². The zero-order valence-electron chi connectivity index (χ0n) is 18.5. The van der Waals surface area contributed by atoms with Gasteiger partial charge >= 0.3 is 177 Å². The minimum atomic E-state index is -2.49. The number of nitrogens with one attached hydrogen (secondary N) is 1. The second-order valence-electron chi connectivity index (χ2n) is 10.6. The summed E-state index contributed by atoms with van der Waals surface area (Å²) < 4.78 is 5.10. The van der Waals surface area contributed by atoms with Gasteiger partial charge in [-0.05, 0) is 0 Å². The third-order valence-electron chi connectivity index (χ3n) is 4.98. The van der Waals surface area contributed by atoms with Gasteiger partial charge in [-0.3, -0.25) is 0 Å². The molecule has 2 rings (SSSR count). The van der Waals surface area contributed by atoms with Crippen molar-refractivity contribution in [2.24, 2.45) is 0 Å². The van der Waals surface area contributed by atoms with E-state index in [2.05, 4.69) is 103 Å². The molecular weight excluding hydrogens is 407 g/mol. The average molecular weight is 443 g/mol. The van der Waals surface area contributed by atoms with Crippen molar-refractivity contribution >= 4 is 34.9 Å². The zero-order valence-corrected chi connectivity index (χ0v) is 21.7. The van der Waals surface area contributed by atoms with Crippen molar-refractivity contribution in [1.82, 2.24) is 0 Å². The Labute approximate surface area is 176 Å². The summed E-state index contributed by atoms with van der Waals surface area (Å²) in [5, 5.41) is 0. The van der Waals surface area contributed by atoms with Crippen molar-refractivity contribution < 1.29 is 0 Å². The Balaban J connectivity index is 2.72. The molecule has 1 nitrogen and oxygen atoms in total. The van der Waals surface area contributed by atoms with E-state index in [0.29, 0.717) is 0 Å². The van der Waals surface area contributed by atoms with Crippen LogP contribution < -0.4 is 8.14 Å². The third kappa shape index (κ3) is 5.59. The van der Waals surface area contributed by atoms with E-state index in [4.69, 9.17) is 9.64 Å². The van der Waals surface area contributed by atoms with Crippen LogP contribution in [0.4, 0.5) is 5.69 Å². The van der Waals surface area contributed by atoms with E-state index in [1.807, 2.05) is 6.07 Å². The van der Waals surface area contributed by atoms with Gasteiger partial charge in [-0.2, -0.15) is 0 Å². The average Bonchev–Trinajstić information content (AvgIpc) is 2.52. The van der Waals surface area contributed by atoms with Crippen LogP contribution in [0.3, 0.4) is 0 Å². The van der Waals surface area contributed by atoms with Crippen LogP contribution in [0.15, 0.2) is 42.5 Å². The van der Waals surface area contributed by atoms with E-state index in [1.54, 1.807) is 0 Å². The molecule has 3 heteroatoms. The molecule has 0 atom stereocenters. The molecule has 0 heterocycles. The Kier molecular flexibility index (Phi) is 6.56. The number of hydrogen-bond acceptors (Lipinski definition) is 1. The maximum atomic E-state index is 7.21. The van der Waals surface area contributed by atoms with Crippen molar-refractivity contribution in [2.75, 3.05) is 4.02 Å². The molecule has 0 spiro atoms. The predicted octanol–water partition coefficient (Wildman–Crippen LogP) is 6.63. The second-order valence-corrected chi connectivity index (χ2v) is 16.2. The number of anilines is 1. The van der Waals surface area contributed by atoms with Crippen molar-refractivity contribution in [3.05, 3.63) is 59.2 Å². The van der Waals surface area contributed by atoms with Crippen molar-refractivity contribution in [3.8, 4) is 0 Å². The molecule has 146 valence electrons. The first-order valence-electron chi connectivity index (χ1n) is 9.86. The van der Waals surface area contributed by atoms with Crippen LogP contribution in [0.5, 0.6) is 0 Å². The number of benzene rings is 2. The van der Waals surface area contributed by atoms with E-state index < -0.39 is 15.5 Å². The minimum absolute atomic E-state index is 0.0490. The van der Waals surface area contributed by atoms with Gasteiger partial charge in [-0.1, -0.05) is 0 Å². The van der Waals surface area contributed by atoms with Gasteiger partial charge in [0.25, 0.3) is 0 Å². The molecule has 27 heavy (non-hydrogen) atoms. The molecule has 0 saturated carbocycles. The summed E-state index contributed by atoms with van der Waals surface area (Å²) in [5.41, 5.74) is 5.54. The summed E-state index contributed by atoms with van der Waals surface area (Å²) in [6, 6.07) is 15.2. The molecular formula is C24H35ClGaN. The standard InChI is InChI=1S/C18H29.C6H6N.ClH.Ga/c1-16(2,3)13-10-14(17(4,5)6)12-15(11-13)18(7,8)9;7-6-4-2-1-3-5-6;;/h10-11H,1-9H3;1-5,7H;1H;/q;-1;;+2/p-1. The summed E-state index contributed by atoms with van der Waals surface area (Å²) in [4.78, 5) is 0. The Morgan fingerprint density at radius 1 is 0.704 bits per heavy atom. The molecule has 0 radical (unpaired) electrons. The van der Waals surface area contributed by atoms with E-state index in [1.165, 1.54) is 20.8 Å². The Hall–Kier alpha value is -0.834. The number of para-hydroxylation sites is 1. The molecule has 0 aliphatic carbocycles. The first-order valence-corrected chi connectivity index (χ1v) is 15.5. The van der Waals surface area contributed by atoms with Gasteiger partial charge in [-0.15, -0.1) is 0 Å². The summed E-state index contributed by atoms with van der Waals surface area (Å²) in [7, 11) is 7.21. The van der Waals surface area contributed by atoms with E-state index in [9.17, 15) is 0 Å². The number of halogens is 1. The fraction of sp³-hybridized carbons (Fsp3) is 0.500. The Morgan fingerprint density at radius 2 is 1.15 bits per heavy atom. The van der Waals surface area contributed by atoms with Crippen LogP contribution in [-0.2, 0) is 16.2 Å². The second kappa shape index (κ2) is 7.89. The SMILES string of the molecule is CC(C)(C)c1cc(C(C)(C)C)[c]([Ga]([Cl])[NH]c2ccccc2)c(C(C)(C)C)c1. The monoisotopic (exact) mass is 441 g/mol. The molecule has 0 aliphatic heterocycles. The third-order valence-corrected chi connectivity index (χ3v) is 10.3. The van der Waals surface area contributed by atoms with Gasteiger partial charge in [0.15, 0.2) is 0 Å².